The number of hydrogen-bond donors (Lipinski definition) is 0. The average molecular weight is 320 g/mol. The summed E-state index contributed by atoms with van der Waals surface area (Å²) in [6, 6.07) is 13.8. The summed E-state index contributed by atoms with van der Waals surface area (Å²) in [7, 11) is 1.93. The minimum Gasteiger partial charge on any atom is -0.329 e. The van der Waals surface area contributed by atoms with E-state index in [1.54, 1.807) is 6.20 Å². The first-order valence-corrected chi connectivity index (χ1v) is 8.39. The van der Waals surface area contributed by atoms with E-state index in [0.717, 1.165) is 42.4 Å². The van der Waals surface area contributed by atoms with Gasteiger partial charge in [-0.25, -0.2) is 4.98 Å². The van der Waals surface area contributed by atoms with E-state index in [1.807, 2.05) is 59.1 Å². The molecule has 3 aromatic rings. The van der Waals surface area contributed by atoms with Crippen molar-refractivity contribution < 1.29 is 4.79 Å². The Hall–Kier alpha value is -2.69. The Labute approximate surface area is 140 Å². The third-order valence-electron chi connectivity index (χ3n) is 4.78. The van der Waals surface area contributed by atoms with Crippen LogP contribution in [0.4, 0.5) is 0 Å². The SMILES string of the molecule is Cn1nccc1[C@@H]1CCCCN1C(=O)c1ccc2ccccc2n1. The van der Waals surface area contributed by atoms with Crippen LogP contribution in [-0.2, 0) is 7.05 Å². The number of pyridine rings is 1. The zero-order chi connectivity index (χ0) is 16.5. The minimum atomic E-state index is 0.00616. The summed E-state index contributed by atoms with van der Waals surface area (Å²) < 4.78 is 1.87. The Morgan fingerprint density at radius 2 is 2.00 bits per heavy atom. The minimum absolute atomic E-state index is 0.00616. The lowest BCUT2D eigenvalue weighted by Crippen LogP contribution is -2.39. The molecule has 0 radical (unpaired) electrons. The molecule has 122 valence electrons. The van der Waals surface area contributed by atoms with Crippen molar-refractivity contribution in [2.24, 2.45) is 7.05 Å². The molecule has 3 heterocycles. The summed E-state index contributed by atoms with van der Waals surface area (Å²) in [5, 5.41) is 5.31. The van der Waals surface area contributed by atoms with Crippen molar-refractivity contribution in [3.05, 3.63) is 60.0 Å². The second kappa shape index (κ2) is 6.07. The van der Waals surface area contributed by atoms with Crippen LogP contribution in [0.2, 0.25) is 0 Å². The molecule has 0 aliphatic carbocycles. The van der Waals surface area contributed by atoms with Gasteiger partial charge in [-0.15, -0.1) is 0 Å². The Kier molecular flexibility index (Phi) is 3.76. The largest absolute Gasteiger partial charge is 0.329 e. The molecule has 1 amide bonds. The van der Waals surface area contributed by atoms with Crippen LogP contribution in [0.1, 0.15) is 41.5 Å². The van der Waals surface area contributed by atoms with Gasteiger partial charge in [-0.05, 0) is 37.5 Å². The molecule has 0 bridgehead atoms. The fraction of sp³-hybridized carbons (Fsp3) is 0.316. The summed E-state index contributed by atoms with van der Waals surface area (Å²) in [5.41, 5.74) is 2.46. The molecule has 0 spiro atoms. The van der Waals surface area contributed by atoms with Gasteiger partial charge in [-0.2, -0.15) is 5.10 Å². The van der Waals surface area contributed by atoms with Crippen LogP contribution >= 0.6 is 0 Å². The number of rotatable bonds is 2. The number of para-hydroxylation sites is 1. The number of carbonyl (C=O) groups is 1. The van der Waals surface area contributed by atoms with E-state index < -0.39 is 0 Å². The number of piperidine rings is 1. The maximum Gasteiger partial charge on any atom is 0.273 e. The molecule has 1 aliphatic heterocycles. The van der Waals surface area contributed by atoms with Crippen LogP contribution < -0.4 is 0 Å². The van der Waals surface area contributed by atoms with Gasteiger partial charge < -0.3 is 4.90 Å². The lowest BCUT2D eigenvalue weighted by atomic mass is 9.98. The van der Waals surface area contributed by atoms with Crippen molar-refractivity contribution >= 4 is 16.8 Å². The van der Waals surface area contributed by atoms with Crippen molar-refractivity contribution in [3.8, 4) is 0 Å². The van der Waals surface area contributed by atoms with E-state index in [-0.39, 0.29) is 11.9 Å². The summed E-state index contributed by atoms with van der Waals surface area (Å²) in [6.45, 7) is 0.767. The van der Waals surface area contributed by atoms with Crippen LogP contribution in [0.15, 0.2) is 48.7 Å². The van der Waals surface area contributed by atoms with Gasteiger partial charge in [-0.1, -0.05) is 24.3 Å². The normalized spacial score (nSPS) is 18.0. The molecule has 0 unspecified atom stereocenters. The number of hydrogen-bond acceptors (Lipinski definition) is 3. The molecule has 5 nitrogen and oxygen atoms in total. The lowest BCUT2D eigenvalue weighted by molar-refractivity contribution is 0.0595. The van der Waals surface area contributed by atoms with Crippen LogP contribution in [0, 0.1) is 0 Å². The molecular weight excluding hydrogens is 300 g/mol. The quantitative estimate of drug-likeness (QED) is 0.728. The van der Waals surface area contributed by atoms with Crippen molar-refractivity contribution in [1.29, 1.82) is 0 Å². The molecule has 1 aliphatic rings. The molecule has 1 aromatic carbocycles. The van der Waals surface area contributed by atoms with Gasteiger partial charge in [0.2, 0.25) is 0 Å². The van der Waals surface area contributed by atoms with Gasteiger partial charge in [0.25, 0.3) is 5.91 Å². The number of benzene rings is 1. The van der Waals surface area contributed by atoms with Crippen molar-refractivity contribution in [3.63, 3.8) is 0 Å². The first-order valence-electron chi connectivity index (χ1n) is 8.39. The van der Waals surface area contributed by atoms with E-state index in [9.17, 15) is 4.79 Å². The molecular formula is C19H20N4O. The van der Waals surface area contributed by atoms with Gasteiger partial charge in [0.15, 0.2) is 0 Å². The monoisotopic (exact) mass is 320 g/mol. The molecule has 5 heteroatoms. The number of likely N-dealkylation sites (tertiary alicyclic amines) is 1. The maximum absolute atomic E-state index is 13.1. The highest BCUT2D eigenvalue weighted by atomic mass is 16.2. The molecule has 4 rings (SSSR count). The number of aryl methyl sites for hydroxylation is 1. The summed E-state index contributed by atoms with van der Waals surface area (Å²) >= 11 is 0. The standard InChI is InChI=1S/C19H20N4O/c1-22-17(11-12-20-22)18-8-4-5-13-23(18)19(24)16-10-9-14-6-2-3-7-15(14)21-16/h2-3,6-7,9-12,18H,4-5,8,13H2,1H3/t18-/m0/s1. The fourth-order valence-electron chi connectivity index (χ4n) is 3.53. The van der Waals surface area contributed by atoms with Gasteiger partial charge >= 0.3 is 0 Å². The first-order chi connectivity index (χ1) is 11.7. The highest BCUT2D eigenvalue weighted by Crippen LogP contribution is 2.31. The van der Waals surface area contributed by atoms with Crippen molar-refractivity contribution in [2.75, 3.05) is 6.54 Å². The second-order valence-corrected chi connectivity index (χ2v) is 6.28. The topological polar surface area (TPSA) is 51.0 Å². The molecule has 2 aromatic heterocycles. The van der Waals surface area contributed by atoms with E-state index >= 15 is 0 Å². The summed E-state index contributed by atoms with van der Waals surface area (Å²) in [6.07, 6.45) is 4.93. The van der Waals surface area contributed by atoms with Crippen LogP contribution in [0.3, 0.4) is 0 Å². The molecule has 1 saturated heterocycles. The van der Waals surface area contributed by atoms with Crippen LogP contribution in [0.25, 0.3) is 10.9 Å². The van der Waals surface area contributed by atoms with Gasteiger partial charge in [0, 0.05) is 25.2 Å². The zero-order valence-corrected chi connectivity index (χ0v) is 13.7. The third kappa shape index (κ3) is 2.56. The smallest absolute Gasteiger partial charge is 0.273 e. The predicted molar refractivity (Wildman–Crippen MR) is 92.6 cm³/mol. The van der Waals surface area contributed by atoms with E-state index in [4.69, 9.17) is 0 Å². The Balaban J connectivity index is 1.69. The van der Waals surface area contributed by atoms with E-state index in [2.05, 4.69) is 10.1 Å². The van der Waals surface area contributed by atoms with Crippen molar-refractivity contribution in [1.82, 2.24) is 19.7 Å². The number of nitrogens with zero attached hydrogens (tertiary/aromatic N) is 4. The van der Waals surface area contributed by atoms with Gasteiger partial charge in [-0.3, -0.25) is 9.48 Å². The Morgan fingerprint density at radius 3 is 2.83 bits per heavy atom. The number of carbonyl (C=O) groups excluding carboxylic acids is 1. The van der Waals surface area contributed by atoms with Crippen molar-refractivity contribution in [2.45, 2.75) is 25.3 Å². The average Bonchev–Trinajstić information content (AvgIpc) is 3.06. The highest BCUT2D eigenvalue weighted by molar-refractivity contribution is 5.95. The summed E-state index contributed by atoms with van der Waals surface area (Å²) in [5.74, 6) is 0.00616. The van der Waals surface area contributed by atoms with Crippen LogP contribution in [0.5, 0.6) is 0 Å². The lowest BCUT2D eigenvalue weighted by Gasteiger charge is -2.35. The molecule has 0 N–H and O–H groups in total. The zero-order valence-electron chi connectivity index (χ0n) is 13.7. The molecule has 1 fully saturated rings. The van der Waals surface area contributed by atoms with Gasteiger partial charge in [0.05, 0.1) is 17.3 Å². The van der Waals surface area contributed by atoms with Gasteiger partial charge in [0.1, 0.15) is 5.69 Å². The van der Waals surface area contributed by atoms with Crippen LogP contribution in [-0.4, -0.2) is 32.1 Å². The summed E-state index contributed by atoms with van der Waals surface area (Å²) in [4.78, 5) is 19.6. The fourth-order valence-corrected chi connectivity index (χ4v) is 3.53. The van der Waals surface area contributed by atoms with E-state index in [1.165, 1.54) is 0 Å². The maximum atomic E-state index is 13.1. The number of amides is 1. The Morgan fingerprint density at radius 1 is 1.12 bits per heavy atom. The number of fused-ring (bicyclic) bond motifs is 1. The Bertz CT molecular complexity index is 886. The molecule has 24 heavy (non-hydrogen) atoms. The molecule has 0 saturated carbocycles. The second-order valence-electron chi connectivity index (χ2n) is 6.28. The third-order valence-corrected chi connectivity index (χ3v) is 4.78. The molecule has 1 atom stereocenters. The first kappa shape index (κ1) is 14.9. The highest BCUT2D eigenvalue weighted by Gasteiger charge is 2.31. The predicted octanol–water partition coefficient (Wildman–Crippen LogP) is 3.34. The van der Waals surface area contributed by atoms with E-state index in [0.29, 0.717) is 5.69 Å². The number of aromatic nitrogens is 3.